The van der Waals surface area contributed by atoms with Gasteiger partial charge in [-0.3, -0.25) is 4.68 Å². The monoisotopic (exact) mass is 276 g/mol. The number of aromatic nitrogens is 4. The fourth-order valence-corrected chi connectivity index (χ4v) is 3.17. The molecule has 1 aliphatic heterocycles. The Labute approximate surface area is 115 Å². The molecular weight excluding hydrogens is 260 g/mol. The molecule has 3 heterocycles. The summed E-state index contributed by atoms with van der Waals surface area (Å²) in [4.78, 5) is 9.12. The Balaban J connectivity index is 2.00. The van der Waals surface area contributed by atoms with E-state index in [4.69, 9.17) is 5.84 Å². The first-order chi connectivity index (χ1) is 9.31. The molecule has 6 nitrogen and oxygen atoms in total. The number of nitrogens with zero attached hydrogens (tertiary/aromatic N) is 4. The van der Waals surface area contributed by atoms with Crippen LogP contribution in [0.3, 0.4) is 0 Å². The van der Waals surface area contributed by atoms with Crippen LogP contribution in [0, 0.1) is 0 Å². The maximum absolute atomic E-state index is 5.55. The van der Waals surface area contributed by atoms with Crippen molar-refractivity contribution in [2.45, 2.75) is 31.4 Å². The Hall–Kier alpha value is -1.60. The summed E-state index contributed by atoms with van der Waals surface area (Å²) in [5.74, 6) is 8.81. The molecule has 0 atom stereocenters. The summed E-state index contributed by atoms with van der Waals surface area (Å²) in [6.07, 6.45) is 4.84. The second kappa shape index (κ2) is 5.18. The first-order valence-electron chi connectivity index (χ1n) is 6.28. The summed E-state index contributed by atoms with van der Waals surface area (Å²) in [6.45, 7) is 3.03. The van der Waals surface area contributed by atoms with Crippen LogP contribution in [0.4, 0.5) is 5.82 Å². The molecule has 0 aromatic carbocycles. The highest BCUT2D eigenvalue weighted by Gasteiger charge is 2.20. The predicted octanol–water partition coefficient (Wildman–Crippen LogP) is 1.78. The van der Waals surface area contributed by atoms with E-state index < -0.39 is 0 Å². The quantitative estimate of drug-likeness (QED) is 0.654. The number of rotatable bonds is 4. The van der Waals surface area contributed by atoms with Crippen LogP contribution in [0.2, 0.25) is 0 Å². The predicted molar refractivity (Wildman–Crippen MR) is 76.4 cm³/mol. The summed E-state index contributed by atoms with van der Waals surface area (Å²) in [7, 11) is 0. The highest BCUT2D eigenvalue weighted by Crippen LogP contribution is 2.33. The van der Waals surface area contributed by atoms with Crippen LogP contribution >= 0.6 is 11.8 Å². The van der Waals surface area contributed by atoms with Crippen LogP contribution in [-0.2, 0) is 18.1 Å². The van der Waals surface area contributed by atoms with Crippen LogP contribution in [0.5, 0.6) is 0 Å². The maximum Gasteiger partial charge on any atom is 0.165 e. The molecule has 0 amide bonds. The summed E-state index contributed by atoms with van der Waals surface area (Å²) < 4.78 is 1.91. The van der Waals surface area contributed by atoms with Crippen LogP contribution in [0.25, 0.3) is 11.4 Å². The van der Waals surface area contributed by atoms with Gasteiger partial charge in [0.05, 0.1) is 17.5 Å². The van der Waals surface area contributed by atoms with Crippen molar-refractivity contribution in [2.24, 2.45) is 5.84 Å². The average molecular weight is 276 g/mol. The van der Waals surface area contributed by atoms with Crippen LogP contribution in [0.1, 0.15) is 24.6 Å². The van der Waals surface area contributed by atoms with E-state index in [0.717, 1.165) is 47.1 Å². The minimum absolute atomic E-state index is 0.691. The van der Waals surface area contributed by atoms with Gasteiger partial charge in [-0.15, -0.1) is 0 Å². The Morgan fingerprint density at radius 2 is 2.32 bits per heavy atom. The number of nitrogen functional groups attached to an aromatic ring is 1. The van der Waals surface area contributed by atoms with Crippen molar-refractivity contribution in [3.63, 3.8) is 0 Å². The van der Waals surface area contributed by atoms with E-state index in [2.05, 4.69) is 27.4 Å². The van der Waals surface area contributed by atoms with E-state index in [0.29, 0.717) is 5.82 Å². The minimum Gasteiger partial charge on any atom is -0.308 e. The maximum atomic E-state index is 5.55. The number of nitrogens with two attached hydrogens (primary N) is 1. The molecule has 0 bridgehead atoms. The van der Waals surface area contributed by atoms with Gasteiger partial charge >= 0.3 is 0 Å². The fourth-order valence-electron chi connectivity index (χ4n) is 2.13. The van der Waals surface area contributed by atoms with Gasteiger partial charge in [0, 0.05) is 29.8 Å². The molecule has 0 saturated carbocycles. The molecule has 0 aliphatic carbocycles. The van der Waals surface area contributed by atoms with Gasteiger partial charge in [-0.1, -0.05) is 6.92 Å². The number of hydrogen-bond acceptors (Lipinski definition) is 6. The van der Waals surface area contributed by atoms with Crippen molar-refractivity contribution in [3.05, 3.63) is 23.7 Å². The largest absolute Gasteiger partial charge is 0.308 e. The highest BCUT2D eigenvalue weighted by molar-refractivity contribution is 7.98. The Bertz CT molecular complexity index is 594. The first kappa shape index (κ1) is 12.4. The molecule has 0 spiro atoms. The molecule has 2 aromatic heterocycles. The molecular formula is C12H16N6S. The molecule has 3 N–H and O–H groups in total. The van der Waals surface area contributed by atoms with Crippen molar-refractivity contribution in [1.82, 2.24) is 19.7 Å². The number of hydrogen-bond donors (Lipinski definition) is 2. The van der Waals surface area contributed by atoms with Crippen molar-refractivity contribution in [1.29, 1.82) is 0 Å². The van der Waals surface area contributed by atoms with Gasteiger partial charge in [-0.05, 0) is 6.42 Å². The second-order valence-corrected chi connectivity index (χ2v) is 5.44. The van der Waals surface area contributed by atoms with Crippen molar-refractivity contribution in [2.75, 3.05) is 5.43 Å². The lowest BCUT2D eigenvalue weighted by Gasteiger charge is -2.07. The summed E-state index contributed by atoms with van der Waals surface area (Å²) in [6, 6.07) is 0. The van der Waals surface area contributed by atoms with E-state index in [-0.39, 0.29) is 0 Å². The molecule has 0 fully saturated rings. The van der Waals surface area contributed by atoms with Crippen molar-refractivity contribution < 1.29 is 0 Å². The third kappa shape index (κ3) is 2.31. The fraction of sp³-hybridized carbons (Fsp3) is 0.417. The van der Waals surface area contributed by atoms with Gasteiger partial charge in [0.25, 0.3) is 0 Å². The van der Waals surface area contributed by atoms with Gasteiger partial charge in [-0.25, -0.2) is 15.8 Å². The van der Waals surface area contributed by atoms with Gasteiger partial charge in [0.1, 0.15) is 5.82 Å². The standard InChI is InChI=1S/C12H16N6S/c1-2-3-18-5-8(4-14-18)11-15-10-7-19-6-9(10)12(16-11)17-13/h4-5H,2-3,6-7,13H2,1H3,(H,15,16,17). The van der Waals surface area contributed by atoms with Gasteiger partial charge in [-0.2, -0.15) is 16.9 Å². The molecule has 7 heteroatoms. The molecule has 100 valence electrons. The Kier molecular flexibility index (Phi) is 3.39. The summed E-state index contributed by atoms with van der Waals surface area (Å²) in [5.41, 5.74) is 5.81. The van der Waals surface area contributed by atoms with E-state index in [1.54, 1.807) is 6.20 Å². The lowest BCUT2D eigenvalue weighted by molar-refractivity contribution is 0.603. The van der Waals surface area contributed by atoms with Crippen molar-refractivity contribution in [3.8, 4) is 11.4 Å². The first-order valence-corrected chi connectivity index (χ1v) is 7.44. The van der Waals surface area contributed by atoms with Crippen molar-refractivity contribution >= 4 is 17.6 Å². The van der Waals surface area contributed by atoms with E-state index in [1.165, 1.54) is 0 Å². The topological polar surface area (TPSA) is 81.7 Å². The minimum atomic E-state index is 0.691. The number of thioether (sulfide) groups is 1. The summed E-state index contributed by atoms with van der Waals surface area (Å²) >= 11 is 1.83. The average Bonchev–Trinajstić information content (AvgIpc) is 3.06. The molecule has 0 unspecified atom stereocenters. The zero-order chi connectivity index (χ0) is 13.2. The van der Waals surface area contributed by atoms with Gasteiger partial charge in [0.15, 0.2) is 5.82 Å². The van der Waals surface area contributed by atoms with E-state index in [1.807, 2.05) is 22.6 Å². The van der Waals surface area contributed by atoms with Crippen LogP contribution in [-0.4, -0.2) is 19.7 Å². The van der Waals surface area contributed by atoms with Crippen LogP contribution < -0.4 is 11.3 Å². The smallest absolute Gasteiger partial charge is 0.165 e. The van der Waals surface area contributed by atoms with Gasteiger partial charge < -0.3 is 5.43 Å². The molecule has 3 rings (SSSR count). The summed E-state index contributed by atoms with van der Waals surface area (Å²) in [5, 5.41) is 4.31. The SMILES string of the molecule is CCCn1cc(-c2nc3c(c(NN)n2)CSC3)cn1. The number of hydrazine groups is 1. The third-order valence-corrected chi connectivity index (χ3v) is 4.03. The van der Waals surface area contributed by atoms with E-state index >= 15 is 0 Å². The Morgan fingerprint density at radius 1 is 1.42 bits per heavy atom. The second-order valence-electron chi connectivity index (χ2n) is 4.45. The number of aryl methyl sites for hydroxylation is 1. The lowest BCUT2D eigenvalue weighted by Crippen LogP contribution is -2.12. The normalized spacial score (nSPS) is 13.6. The zero-order valence-electron chi connectivity index (χ0n) is 10.8. The third-order valence-electron chi connectivity index (χ3n) is 3.06. The van der Waals surface area contributed by atoms with Gasteiger partial charge in [0.2, 0.25) is 0 Å². The number of fused-ring (bicyclic) bond motifs is 1. The molecule has 2 aromatic rings. The molecule has 19 heavy (non-hydrogen) atoms. The number of nitrogens with one attached hydrogen (secondary N) is 1. The van der Waals surface area contributed by atoms with E-state index in [9.17, 15) is 0 Å². The van der Waals surface area contributed by atoms with Crippen LogP contribution in [0.15, 0.2) is 12.4 Å². The molecule has 0 saturated heterocycles. The molecule has 0 radical (unpaired) electrons. The molecule has 1 aliphatic rings. The lowest BCUT2D eigenvalue weighted by atomic mass is 10.2. The highest BCUT2D eigenvalue weighted by atomic mass is 32.2. The Morgan fingerprint density at radius 3 is 3.11 bits per heavy atom. The zero-order valence-corrected chi connectivity index (χ0v) is 11.6. The number of anilines is 1.